The van der Waals surface area contributed by atoms with Crippen LogP contribution >= 0.6 is 11.3 Å². The van der Waals surface area contributed by atoms with E-state index >= 15 is 0 Å². The number of hydrogen-bond donors (Lipinski definition) is 2. The molecule has 1 aromatic heterocycles. The average molecular weight is 306 g/mol. The standard InChI is InChI=1S/C15H18N2O3S/c1-20-9-14-17-12(10-21-14)15(19)16-8-7-13(18)11-5-3-2-4-6-11/h2-6,10,13,18H,7-9H2,1H3,(H,16,19). The van der Waals surface area contributed by atoms with E-state index < -0.39 is 6.10 Å². The molecule has 0 spiro atoms. The first-order chi connectivity index (χ1) is 10.2. The molecule has 112 valence electrons. The predicted molar refractivity (Wildman–Crippen MR) is 81.2 cm³/mol. The lowest BCUT2D eigenvalue weighted by molar-refractivity contribution is 0.0937. The van der Waals surface area contributed by atoms with Gasteiger partial charge in [0, 0.05) is 19.0 Å². The predicted octanol–water partition coefficient (Wildman–Crippen LogP) is 2.14. The Hall–Kier alpha value is -1.76. The first-order valence-electron chi connectivity index (χ1n) is 6.65. The fraction of sp³-hybridized carbons (Fsp3) is 0.333. The van der Waals surface area contributed by atoms with Crippen LogP contribution in [0.3, 0.4) is 0 Å². The van der Waals surface area contributed by atoms with E-state index in [0.717, 1.165) is 10.6 Å². The Morgan fingerprint density at radius 1 is 1.43 bits per heavy atom. The quantitative estimate of drug-likeness (QED) is 0.822. The van der Waals surface area contributed by atoms with Gasteiger partial charge in [0.1, 0.15) is 10.7 Å². The molecule has 6 heteroatoms. The highest BCUT2D eigenvalue weighted by molar-refractivity contribution is 7.09. The van der Waals surface area contributed by atoms with Crippen LogP contribution in [0.15, 0.2) is 35.7 Å². The minimum Gasteiger partial charge on any atom is -0.388 e. The van der Waals surface area contributed by atoms with Gasteiger partial charge in [-0.3, -0.25) is 4.79 Å². The number of aromatic nitrogens is 1. The third kappa shape index (κ3) is 4.63. The summed E-state index contributed by atoms with van der Waals surface area (Å²) in [6.07, 6.45) is -0.115. The molecular weight excluding hydrogens is 288 g/mol. The summed E-state index contributed by atoms with van der Waals surface area (Å²) < 4.78 is 4.97. The number of nitrogens with one attached hydrogen (secondary N) is 1. The zero-order chi connectivity index (χ0) is 15.1. The number of amides is 1. The van der Waals surface area contributed by atoms with Crippen molar-refractivity contribution in [2.24, 2.45) is 0 Å². The Balaban J connectivity index is 1.78. The van der Waals surface area contributed by atoms with E-state index in [1.54, 1.807) is 12.5 Å². The Labute approximate surface area is 127 Å². The van der Waals surface area contributed by atoms with Gasteiger partial charge in [0.15, 0.2) is 0 Å². The summed E-state index contributed by atoms with van der Waals surface area (Å²) in [5.41, 5.74) is 1.24. The second-order valence-electron chi connectivity index (χ2n) is 4.53. The van der Waals surface area contributed by atoms with E-state index in [2.05, 4.69) is 10.3 Å². The van der Waals surface area contributed by atoms with Gasteiger partial charge >= 0.3 is 0 Å². The highest BCUT2D eigenvalue weighted by Gasteiger charge is 2.12. The average Bonchev–Trinajstić information content (AvgIpc) is 2.97. The molecule has 0 saturated heterocycles. The highest BCUT2D eigenvalue weighted by Crippen LogP contribution is 2.15. The second-order valence-corrected chi connectivity index (χ2v) is 5.47. The van der Waals surface area contributed by atoms with Crippen LogP contribution in [-0.4, -0.2) is 29.7 Å². The summed E-state index contributed by atoms with van der Waals surface area (Å²) in [7, 11) is 1.59. The maximum atomic E-state index is 11.9. The molecule has 0 aliphatic heterocycles. The van der Waals surface area contributed by atoms with E-state index in [1.807, 2.05) is 30.3 Å². The lowest BCUT2D eigenvalue weighted by atomic mass is 10.1. The molecule has 0 aliphatic carbocycles. The molecule has 0 saturated carbocycles. The van der Waals surface area contributed by atoms with Gasteiger partial charge in [-0.15, -0.1) is 11.3 Å². The van der Waals surface area contributed by atoms with Gasteiger partial charge < -0.3 is 15.2 Å². The number of methoxy groups -OCH3 is 1. The largest absolute Gasteiger partial charge is 0.388 e. The summed E-state index contributed by atoms with van der Waals surface area (Å²) in [6.45, 7) is 0.802. The number of rotatable bonds is 7. The smallest absolute Gasteiger partial charge is 0.270 e. The summed E-state index contributed by atoms with van der Waals surface area (Å²) in [6, 6.07) is 9.39. The molecule has 1 heterocycles. The zero-order valence-electron chi connectivity index (χ0n) is 11.8. The van der Waals surface area contributed by atoms with Crippen LogP contribution in [0.5, 0.6) is 0 Å². The minimum absolute atomic E-state index is 0.228. The van der Waals surface area contributed by atoms with Crippen molar-refractivity contribution in [1.29, 1.82) is 0 Å². The van der Waals surface area contributed by atoms with Crippen LogP contribution < -0.4 is 5.32 Å². The molecule has 2 rings (SSSR count). The number of carbonyl (C=O) groups is 1. The maximum absolute atomic E-state index is 11.9. The van der Waals surface area contributed by atoms with Gasteiger partial charge in [-0.25, -0.2) is 4.98 Å². The third-order valence-corrected chi connectivity index (χ3v) is 3.76. The topological polar surface area (TPSA) is 71.5 Å². The molecule has 1 aromatic carbocycles. The van der Waals surface area contributed by atoms with Crippen molar-refractivity contribution < 1.29 is 14.6 Å². The number of aliphatic hydroxyl groups is 1. The lowest BCUT2D eigenvalue weighted by Gasteiger charge is -2.11. The van der Waals surface area contributed by atoms with Gasteiger partial charge in [0.2, 0.25) is 0 Å². The fourth-order valence-corrected chi connectivity index (χ4v) is 2.60. The van der Waals surface area contributed by atoms with Crippen molar-refractivity contribution in [3.63, 3.8) is 0 Å². The van der Waals surface area contributed by atoms with Gasteiger partial charge in [0.25, 0.3) is 5.91 Å². The van der Waals surface area contributed by atoms with E-state index in [1.165, 1.54) is 11.3 Å². The summed E-state index contributed by atoms with van der Waals surface area (Å²) in [5, 5.41) is 15.2. The molecule has 2 N–H and O–H groups in total. The van der Waals surface area contributed by atoms with Crippen LogP contribution in [0, 0.1) is 0 Å². The SMILES string of the molecule is COCc1nc(C(=O)NCCC(O)c2ccccc2)cs1. The Morgan fingerprint density at radius 2 is 2.19 bits per heavy atom. The van der Waals surface area contributed by atoms with Gasteiger partial charge in [-0.05, 0) is 12.0 Å². The van der Waals surface area contributed by atoms with Gasteiger partial charge in [0.05, 0.1) is 12.7 Å². The molecule has 2 aromatic rings. The molecule has 1 amide bonds. The second kappa shape index (κ2) is 7.87. The van der Waals surface area contributed by atoms with Crippen molar-refractivity contribution in [3.05, 3.63) is 52.0 Å². The van der Waals surface area contributed by atoms with E-state index in [0.29, 0.717) is 25.3 Å². The fourth-order valence-electron chi connectivity index (χ4n) is 1.86. The molecule has 5 nitrogen and oxygen atoms in total. The zero-order valence-corrected chi connectivity index (χ0v) is 12.6. The van der Waals surface area contributed by atoms with Crippen LogP contribution in [0.4, 0.5) is 0 Å². The van der Waals surface area contributed by atoms with Crippen molar-refractivity contribution in [3.8, 4) is 0 Å². The number of thiazole rings is 1. The van der Waals surface area contributed by atoms with Crippen molar-refractivity contribution in [2.75, 3.05) is 13.7 Å². The number of aliphatic hydroxyl groups excluding tert-OH is 1. The molecule has 0 fully saturated rings. The number of ether oxygens (including phenoxy) is 1. The van der Waals surface area contributed by atoms with Crippen LogP contribution in [0.2, 0.25) is 0 Å². The Kier molecular flexibility index (Phi) is 5.86. The summed E-state index contributed by atoms with van der Waals surface area (Å²) in [5.74, 6) is -0.228. The number of hydrogen-bond acceptors (Lipinski definition) is 5. The van der Waals surface area contributed by atoms with Crippen molar-refractivity contribution in [1.82, 2.24) is 10.3 Å². The summed E-state index contributed by atoms with van der Waals surface area (Å²) >= 11 is 1.39. The molecule has 21 heavy (non-hydrogen) atoms. The molecule has 1 unspecified atom stereocenters. The minimum atomic E-state index is -0.578. The molecule has 0 aliphatic rings. The Morgan fingerprint density at radius 3 is 2.90 bits per heavy atom. The van der Waals surface area contributed by atoms with Gasteiger partial charge in [-0.1, -0.05) is 30.3 Å². The van der Waals surface area contributed by atoms with E-state index in [9.17, 15) is 9.90 Å². The normalized spacial score (nSPS) is 12.1. The Bertz CT molecular complexity index is 571. The molecule has 1 atom stereocenters. The van der Waals surface area contributed by atoms with E-state index in [-0.39, 0.29) is 5.91 Å². The number of benzene rings is 1. The van der Waals surface area contributed by atoms with Crippen molar-refractivity contribution in [2.45, 2.75) is 19.1 Å². The van der Waals surface area contributed by atoms with Crippen LogP contribution in [-0.2, 0) is 11.3 Å². The maximum Gasteiger partial charge on any atom is 0.270 e. The first kappa shape index (κ1) is 15.6. The molecular formula is C15H18N2O3S. The monoisotopic (exact) mass is 306 g/mol. The highest BCUT2D eigenvalue weighted by atomic mass is 32.1. The number of carbonyl (C=O) groups excluding carboxylic acids is 1. The van der Waals surface area contributed by atoms with Crippen LogP contribution in [0.25, 0.3) is 0 Å². The van der Waals surface area contributed by atoms with Crippen LogP contribution in [0.1, 0.15) is 33.6 Å². The number of nitrogens with zero attached hydrogens (tertiary/aromatic N) is 1. The lowest BCUT2D eigenvalue weighted by Crippen LogP contribution is -2.26. The third-order valence-electron chi connectivity index (χ3n) is 2.94. The first-order valence-corrected chi connectivity index (χ1v) is 7.53. The molecule has 0 radical (unpaired) electrons. The van der Waals surface area contributed by atoms with Gasteiger partial charge in [-0.2, -0.15) is 0 Å². The van der Waals surface area contributed by atoms with Crippen molar-refractivity contribution >= 4 is 17.2 Å². The molecule has 0 bridgehead atoms. The summed E-state index contributed by atoms with van der Waals surface area (Å²) in [4.78, 5) is 16.1. The van der Waals surface area contributed by atoms with E-state index in [4.69, 9.17) is 4.74 Å².